The Hall–Kier alpha value is -2.17. The van der Waals surface area contributed by atoms with Crippen molar-refractivity contribution < 1.29 is 9.63 Å². The standard InChI is InChI=1S/C20H20BrN3O2S/c1-13(14-7-9-15(21)10-8-14)24-26-12-19(25)23-20-17(11-22)16-5-3-2-4-6-18(16)27-20/h7-10H,2-6,12H2,1H3,(H,23,25). The smallest absolute Gasteiger partial charge is 0.265 e. The van der Waals surface area contributed by atoms with Crippen LogP contribution in [0.3, 0.4) is 0 Å². The Bertz CT molecular complexity index is 897. The molecule has 140 valence electrons. The molecule has 0 saturated carbocycles. The molecule has 27 heavy (non-hydrogen) atoms. The molecule has 1 aromatic heterocycles. The number of oxime groups is 1. The highest BCUT2D eigenvalue weighted by atomic mass is 79.9. The molecule has 0 radical (unpaired) electrons. The number of nitrogens with one attached hydrogen (secondary N) is 1. The van der Waals surface area contributed by atoms with Crippen molar-refractivity contribution in [3.05, 3.63) is 50.3 Å². The number of benzene rings is 1. The van der Waals surface area contributed by atoms with Gasteiger partial charge in [-0.2, -0.15) is 5.26 Å². The number of carbonyl (C=O) groups excluding carboxylic acids is 1. The summed E-state index contributed by atoms with van der Waals surface area (Å²) in [7, 11) is 0. The second-order valence-corrected chi connectivity index (χ2v) is 8.41. The Morgan fingerprint density at radius 2 is 2.04 bits per heavy atom. The number of fused-ring (bicyclic) bond motifs is 1. The minimum absolute atomic E-state index is 0.193. The molecule has 0 unspecified atom stereocenters. The van der Waals surface area contributed by atoms with Crippen LogP contribution in [0.5, 0.6) is 0 Å². The van der Waals surface area contributed by atoms with Crippen molar-refractivity contribution in [3.8, 4) is 6.07 Å². The maximum Gasteiger partial charge on any atom is 0.265 e. The number of nitriles is 1. The molecule has 7 heteroatoms. The van der Waals surface area contributed by atoms with Gasteiger partial charge in [-0.15, -0.1) is 11.3 Å². The van der Waals surface area contributed by atoms with Gasteiger partial charge in [0.15, 0.2) is 6.61 Å². The number of hydrogen-bond acceptors (Lipinski definition) is 5. The van der Waals surface area contributed by atoms with E-state index in [2.05, 4.69) is 32.5 Å². The van der Waals surface area contributed by atoms with E-state index in [1.54, 1.807) is 0 Å². The summed E-state index contributed by atoms with van der Waals surface area (Å²) < 4.78 is 0.988. The average molecular weight is 446 g/mol. The van der Waals surface area contributed by atoms with Crippen LogP contribution in [0.1, 0.15) is 47.8 Å². The number of halogens is 1. The number of anilines is 1. The highest BCUT2D eigenvalue weighted by Crippen LogP contribution is 2.36. The lowest BCUT2D eigenvalue weighted by molar-refractivity contribution is -0.120. The van der Waals surface area contributed by atoms with Crippen molar-refractivity contribution in [1.29, 1.82) is 5.26 Å². The molecule has 1 N–H and O–H groups in total. The van der Waals surface area contributed by atoms with Crippen LogP contribution in [0.25, 0.3) is 0 Å². The van der Waals surface area contributed by atoms with Gasteiger partial charge in [0, 0.05) is 9.35 Å². The van der Waals surface area contributed by atoms with E-state index in [-0.39, 0.29) is 12.5 Å². The highest BCUT2D eigenvalue weighted by molar-refractivity contribution is 9.10. The van der Waals surface area contributed by atoms with Crippen LogP contribution in [0, 0.1) is 11.3 Å². The van der Waals surface area contributed by atoms with Gasteiger partial charge in [-0.05, 0) is 55.9 Å². The van der Waals surface area contributed by atoms with Crippen molar-refractivity contribution in [3.63, 3.8) is 0 Å². The van der Waals surface area contributed by atoms with E-state index in [4.69, 9.17) is 4.84 Å². The number of amides is 1. The molecule has 1 aliphatic rings. The Morgan fingerprint density at radius 3 is 2.78 bits per heavy atom. The molecule has 5 nitrogen and oxygen atoms in total. The Balaban J connectivity index is 1.60. The summed E-state index contributed by atoms with van der Waals surface area (Å²) in [5.74, 6) is -0.310. The lowest BCUT2D eigenvalue weighted by atomic mass is 10.1. The first kappa shape index (κ1) is 19.6. The van der Waals surface area contributed by atoms with E-state index < -0.39 is 0 Å². The molecule has 1 aliphatic carbocycles. The largest absolute Gasteiger partial charge is 0.385 e. The summed E-state index contributed by atoms with van der Waals surface area (Å²) in [5.41, 5.74) is 3.34. The molecule has 0 saturated heterocycles. The summed E-state index contributed by atoms with van der Waals surface area (Å²) in [6.45, 7) is 1.63. The van der Waals surface area contributed by atoms with Crippen LogP contribution in [0.15, 0.2) is 33.9 Å². The molecule has 2 aromatic rings. The minimum atomic E-state index is -0.310. The van der Waals surface area contributed by atoms with E-state index in [0.717, 1.165) is 41.3 Å². The number of aryl methyl sites for hydroxylation is 1. The summed E-state index contributed by atoms with van der Waals surface area (Å²) in [4.78, 5) is 18.6. The zero-order valence-corrected chi connectivity index (χ0v) is 17.5. The Morgan fingerprint density at radius 1 is 1.30 bits per heavy atom. The average Bonchev–Trinajstić information content (AvgIpc) is 2.81. The second-order valence-electron chi connectivity index (χ2n) is 6.39. The fourth-order valence-corrected chi connectivity index (χ4v) is 4.56. The topological polar surface area (TPSA) is 74.5 Å². The molecule has 1 amide bonds. The van der Waals surface area contributed by atoms with Crippen LogP contribution < -0.4 is 5.32 Å². The third-order valence-electron chi connectivity index (χ3n) is 4.45. The van der Waals surface area contributed by atoms with E-state index in [1.807, 2.05) is 31.2 Å². The molecule has 3 rings (SSSR count). The predicted molar refractivity (Wildman–Crippen MR) is 111 cm³/mol. The Kier molecular flexibility index (Phi) is 6.64. The van der Waals surface area contributed by atoms with Gasteiger partial charge in [-0.25, -0.2) is 0 Å². The predicted octanol–water partition coefficient (Wildman–Crippen LogP) is 5.03. The molecule has 0 fully saturated rings. The van der Waals surface area contributed by atoms with Crippen LogP contribution >= 0.6 is 27.3 Å². The highest BCUT2D eigenvalue weighted by Gasteiger charge is 2.21. The SMILES string of the molecule is CC(=NOCC(=O)Nc1sc2c(c1C#N)CCCCC2)c1ccc(Br)cc1. The molecule has 0 spiro atoms. The van der Waals surface area contributed by atoms with E-state index in [1.165, 1.54) is 22.6 Å². The van der Waals surface area contributed by atoms with Crippen LogP contribution in [-0.4, -0.2) is 18.2 Å². The summed E-state index contributed by atoms with van der Waals surface area (Å²) >= 11 is 4.90. The van der Waals surface area contributed by atoms with Crippen molar-refractivity contribution in [2.45, 2.75) is 39.0 Å². The van der Waals surface area contributed by atoms with Crippen LogP contribution in [0.4, 0.5) is 5.00 Å². The zero-order valence-electron chi connectivity index (χ0n) is 15.0. The fourth-order valence-electron chi connectivity index (χ4n) is 3.04. The maximum absolute atomic E-state index is 12.2. The first-order valence-electron chi connectivity index (χ1n) is 8.85. The van der Waals surface area contributed by atoms with Gasteiger partial charge >= 0.3 is 0 Å². The number of hydrogen-bond donors (Lipinski definition) is 1. The first-order chi connectivity index (χ1) is 13.1. The summed E-state index contributed by atoms with van der Waals surface area (Å²) in [6.07, 6.45) is 5.32. The normalized spacial score (nSPS) is 14.0. The van der Waals surface area contributed by atoms with Gasteiger partial charge < -0.3 is 10.2 Å². The van der Waals surface area contributed by atoms with Gasteiger partial charge in [0.25, 0.3) is 5.91 Å². The first-order valence-corrected chi connectivity index (χ1v) is 10.5. The van der Waals surface area contributed by atoms with Crippen LogP contribution in [0.2, 0.25) is 0 Å². The summed E-state index contributed by atoms with van der Waals surface area (Å²) in [6, 6.07) is 9.95. The second kappa shape index (κ2) is 9.16. The van der Waals surface area contributed by atoms with E-state index >= 15 is 0 Å². The third-order valence-corrected chi connectivity index (χ3v) is 6.18. The van der Waals surface area contributed by atoms with Gasteiger partial charge in [-0.3, -0.25) is 4.79 Å². The lowest BCUT2D eigenvalue weighted by Gasteiger charge is -2.04. The molecule has 0 aliphatic heterocycles. The molecular weight excluding hydrogens is 426 g/mol. The van der Waals surface area contributed by atoms with E-state index in [0.29, 0.717) is 16.3 Å². The van der Waals surface area contributed by atoms with Crippen molar-refractivity contribution >= 4 is 43.9 Å². The van der Waals surface area contributed by atoms with Crippen LogP contribution in [-0.2, 0) is 22.5 Å². The lowest BCUT2D eigenvalue weighted by Crippen LogP contribution is -2.17. The molecule has 1 aromatic carbocycles. The number of rotatable bonds is 5. The zero-order chi connectivity index (χ0) is 19.2. The summed E-state index contributed by atoms with van der Waals surface area (Å²) in [5, 5.41) is 17.0. The van der Waals surface area contributed by atoms with Gasteiger partial charge in [-0.1, -0.05) is 39.6 Å². The quantitative estimate of drug-likeness (QED) is 0.398. The third kappa shape index (κ3) is 4.96. The Labute approximate surface area is 171 Å². The van der Waals surface area contributed by atoms with Crippen molar-refractivity contribution in [2.24, 2.45) is 5.16 Å². The van der Waals surface area contributed by atoms with E-state index in [9.17, 15) is 10.1 Å². The molecule has 0 atom stereocenters. The molecular formula is C20H20BrN3O2S. The molecule has 0 bridgehead atoms. The minimum Gasteiger partial charge on any atom is -0.385 e. The fraction of sp³-hybridized carbons (Fsp3) is 0.350. The monoisotopic (exact) mass is 445 g/mol. The number of nitrogens with zero attached hydrogens (tertiary/aromatic N) is 2. The van der Waals surface area contributed by atoms with Gasteiger partial charge in [0.05, 0.1) is 11.3 Å². The molecule has 1 heterocycles. The number of thiophene rings is 1. The van der Waals surface area contributed by atoms with Crippen molar-refractivity contribution in [1.82, 2.24) is 0 Å². The van der Waals surface area contributed by atoms with Gasteiger partial charge in [0.1, 0.15) is 11.1 Å². The van der Waals surface area contributed by atoms with Gasteiger partial charge in [0.2, 0.25) is 0 Å². The van der Waals surface area contributed by atoms with Crippen molar-refractivity contribution in [2.75, 3.05) is 11.9 Å². The number of carbonyl (C=O) groups is 1. The maximum atomic E-state index is 12.2.